The van der Waals surface area contributed by atoms with Crippen LogP contribution in [0.15, 0.2) is 97.1 Å². The Labute approximate surface area is 284 Å². The number of rotatable bonds is 13. The van der Waals surface area contributed by atoms with Crippen molar-refractivity contribution in [3.63, 3.8) is 0 Å². The van der Waals surface area contributed by atoms with Crippen molar-refractivity contribution in [3.05, 3.63) is 114 Å². The van der Waals surface area contributed by atoms with Crippen molar-refractivity contribution >= 4 is 52.5 Å². The molecule has 254 valence electrons. The molecule has 0 aromatic heterocycles. The predicted octanol–water partition coefficient (Wildman–Crippen LogP) is 4.79. The number of aliphatic carboxylic acids is 1. The number of carbonyl (C=O) groups is 5. The molecule has 49 heavy (non-hydrogen) atoms. The summed E-state index contributed by atoms with van der Waals surface area (Å²) < 4.78 is 5.82. The van der Waals surface area contributed by atoms with Gasteiger partial charge in [0.2, 0.25) is 11.8 Å². The van der Waals surface area contributed by atoms with Crippen molar-refractivity contribution in [3.8, 4) is 5.75 Å². The fourth-order valence-electron chi connectivity index (χ4n) is 4.99. The third kappa shape index (κ3) is 10.4. The van der Waals surface area contributed by atoms with Crippen LogP contribution in [0.4, 0.5) is 27.5 Å². The summed E-state index contributed by atoms with van der Waals surface area (Å²) in [6, 6.07) is 26.9. The van der Waals surface area contributed by atoms with Crippen molar-refractivity contribution in [2.45, 2.75) is 20.3 Å². The molecule has 0 saturated carbocycles. The van der Waals surface area contributed by atoms with Crippen LogP contribution >= 0.6 is 0 Å². The van der Waals surface area contributed by atoms with Crippen LogP contribution in [0.2, 0.25) is 0 Å². The first kappa shape index (κ1) is 35.7. The molecular formula is C37H39N5O7. The van der Waals surface area contributed by atoms with E-state index in [1.54, 1.807) is 80.8 Å². The number of hydrogen-bond donors (Lipinski definition) is 3. The third-order valence-electron chi connectivity index (χ3n) is 7.51. The number of ether oxygens (including phenoxy) is 1. The lowest BCUT2D eigenvalue weighted by molar-refractivity contribution is -0.136. The van der Waals surface area contributed by atoms with E-state index < -0.39 is 30.4 Å². The van der Waals surface area contributed by atoms with E-state index in [9.17, 15) is 24.0 Å². The first-order valence-electron chi connectivity index (χ1n) is 15.4. The van der Waals surface area contributed by atoms with Gasteiger partial charge < -0.3 is 35.2 Å². The fourth-order valence-corrected chi connectivity index (χ4v) is 4.99. The molecule has 4 rings (SSSR count). The average Bonchev–Trinajstić information content (AvgIpc) is 3.07. The van der Waals surface area contributed by atoms with Gasteiger partial charge in [-0.1, -0.05) is 42.5 Å². The zero-order valence-corrected chi connectivity index (χ0v) is 27.8. The average molecular weight is 666 g/mol. The molecule has 0 bridgehead atoms. The van der Waals surface area contributed by atoms with Gasteiger partial charge in [0, 0.05) is 42.9 Å². The number of aryl methyl sites for hydroxylation is 2. The highest BCUT2D eigenvalue weighted by Gasteiger charge is 2.23. The van der Waals surface area contributed by atoms with Crippen molar-refractivity contribution in [2.24, 2.45) is 0 Å². The Morgan fingerprint density at radius 3 is 2.04 bits per heavy atom. The van der Waals surface area contributed by atoms with Crippen LogP contribution in [0.5, 0.6) is 5.75 Å². The molecule has 12 nitrogen and oxygen atoms in total. The minimum atomic E-state index is -1.01. The topological polar surface area (TPSA) is 149 Å². The highest BCUT2D eigenvalue weighted by molar-refractivity contribution is 6.05. The van der Waals surface area contributed by atoms with E-state index in [4.69, 9.17) is 9.84 Å². The molecule has 0 saturated heterocycles. The molecule has 0 aliphatic carbocycles. The Morgan fingerprint density at radius 2 is 1.35 bits per heavy atom. The maximum Gasteiger partial charge on any atom is 0.319 e. The standard InChI is InChI=1S/C37H39N5O7/c1-25-16-26(2)18-31(17-25)41(4)35(45)24-49-32-15-9-14-30(21-32)42(23-34(44)40(3)29-12-6-5-7-13-29)33(43)22-38-37(48)39-28-11-8-10-27(19-28)20-36(46)47/h5-19,21H,20,22-24H2,1-4H3,(H,46,47)(H2,38,39,48). The highest BCUT2D eigenvalue weighted by atomic mass is 16.5. The number of urea groups is 1. The first-order chi connectivity index (χ1) is 23.4. The highest BCUT2D eigenvalue weighted by Crippen LogP contribution is 2.23. The van der Waals surface area contributed by atoms with E-state index in [1.165, 1.54) is 20.8 Å². The van der Waals surface area contributed by atoms with Crippen LogP contribution < -0.4 is 30.1 Å². The van der Waals surface area contributed by atoms with Gasteiger partial charge in [-0.25, -0.2) is 4.79 Å². The van der Waals surface area contributed by atoms with Gasteiger partial charge in [-0.05, 0) is 79.1 Å². The largest absolute Gasteiger partial charge is 0.484 e. The second-order valence-electron chi connectivity index (χ2n) is 11.4. The molecule has 0 radical (unpaired) electrons. The molecule has 0 unspecified atom stereocenters. The molecule has 5 amide bonds. The third-order valence-corrected chi connectivity index (χ3v) is 7.51. The maximum atomic E-state index is 13.6. The Kier molecular flexibility index (Phi) is 12.1. The van der Waals surface area contributed by atoms with Gasteiger partial charge in [0.1, 0.15) is 12.3 Å². The Bertz CT molecular complexity index is 1810. The van der Waals surface area contributed by atoms with Crippen LogP contribution in [0.25, 0.3) is 0 Å². The Balaban J connectivity index is 1.48. The molecule has 4 aromatic rings. The van der Waals surface area contributed by atoms with E-state index in [-0.39, 0.29) is 25.5 Å². The van der Waals surface area contributed by atoms with Crippen molar-refractivity contribution in [1.29, 1.82) is 0 Å². The van der Waals surface area contributed by atoms with Gasteiger partial charge in [-0.2, -0.15) is 0 Å². The van der Waals surface area contributed by atoms with Crippen LogP contribution in [0.3, 0.4) is 0 Å². The van der Waals surface area contributed by atoms with Crippen LogP contribution in [-0.4, -0.2) is 68.6 Å². The quantitative estimate of drug-likeness (QED) is 0.186. The van der Waals surface area contributed by atoms with E-state index in [0.717, 1.165) is 16.8 Å². The number of carboxylic acids is 1. The number of anilines is 4. The predicted molar refractivity (Wildman–Crippen MR) is 188 cm³/mol. The molecule has 4 aromatic carbocycles. The number of carbonyl (C=O) groups excluding carboxylic acids is 4. The maximum absolute atomic E-state index is 13.6. The summed E-state index contributed by atoms with van der Waals surface area (Å²) >= 11 is 0. The summed E-state index contributed by atoms with van der Waals surface area (Å²) in [6.45, 7) is 2.82. The summed E-state index contributed by atoms with van der Waals surface area (Å²) in [7, 11) is 3.27. The van der Waals surface area contributed by atoms with E-state index in [0.29, 0.717) is 28.4 Å². The molecule has 0 atom stereocenters. The first-order valence-corrected chi connectivity index (χ1v) is 15.4. The number of amides is 5. The zero-order chi connectivity index (χ0) is 35.5. The minimum Gasteiger partial charge on any atom is -0.484 e. The van der Waals surface area contributed by atoms with Crippen LogP contribution in [0, 0.1) is 13.8 Å². The summed E-state index contributed by atoms with van der Waals surface area (Å²) in [5.74, 6) is -1.98. The van der Waals surface area contributed by atoms with Gasteiger partial charge in [0.05, 0.1) is 13.0 Å². The molecular weight excluding hydrogens is 626 g/mol. The minimum absolute atomic E-state index is 0.212. The summed E-state index contributed by atoms with van der Waals surface area (Å²) in [6.07, 6.45) is -0.212. The van der Waals surface area contributed by atoms with Gasteiger partial charge in [-0.15, -0.1) is 0 Å². The lowest BCUT2D eigenvalue weighted by atomic mass is 10.1. The monoisotopic (exact) mass is 665 g/mol. The van der Waals surface area contributed by atoms with Crippen molar-refractivity contribution in [2.75, 3.05) is 53.8 Å². The zero-order valence-electron chi connectivity index (χ0n) is 27.8. The SMILES string of the molecule is Cc1cc(C)cc(N(C)C(=O)COc2cccc(N(CC(=O)N(C)c3ccccc3)C(=O)CNC(=O)Nc3cccc(CC(=O)O)c3)c2)c1. The molecule has 12 heteroatoms. The molecule has 0 spiro atoms. The van der Waals surface area contributed by atoms with E-state index >= 15 is 0 Å². The fraction of sp³-hybridized carbons (Fsp3) is 0.216. The smallest absolute Gasteiger partial charge is 0.319 e. The van der Waals surface area contributed by atoms with Gasteiger partial charge in [0.15, 0.2) is 6.61 Å². The molecule has 0 fully saturated rings. The lowest BCUT2D eigenvalue weighted by Gasteiger charge is -2.26. The molecule has 3 N–H and O–H groups in total. The number of likely N-dealkylation sites (N-methyl/N-ethyl adjacent to an activating group) is 2. The number of hydrogen-bond acceptors (Lipinski definition) is 6. The Hall–Kier alpha value is -6.17. The van der Waals surface area contributed by atoms with E-state index in [2.05, 4.69) is 10.6 Å². The number of carboxylic acid groups (broad SMARTS) is 1. The summed E-state index contributed by atoms with van der Waals surface area (Å²) in [5.41, 5.74) is 4.58. The number of nitrogens with one attached hydrogen (secondary N) is 2. The van der Waals surface area contributed by atoms with Crippen LogP contribution in [0.1, 0.15) is 16.7 Å². The second kappa shape index (κ2) is 16.6. The normalized spacial score (nSPS) is 10.4. The lowest BCUT2D eigenvalue weighted by Crippen LogP contribution is -2.46. The molecule has 0 heterocycles. The van der Waals surface area contributed by atoms with Gasteiger partial charge in [-0.3, -0.25) is 19.2 Å². The van der Waals surface area contributed by atoms with Gasteiger partial charge >= 0.3 is 12.0 Å². The number of para-hydroxylation sites is 1. The van der Waals surface area contributed by atoms with Crippen molar-refractivity contribution < 1.29 is 33.8 Å². The second-order valence-corrected chi connectivity index (χ2v) is 11.4. The van der Waals surface area contributed by atoms with Crippen LogP contribution in [-0.2, 0) is 25.6 Å². The van der Waals surface area contributed by atoms with Gasteiger partial charge in [0.25, 0.3) is 5.91 Å². The summed E-state index contributed by atoms with van der Waals surface area (Å²) in [5, 5.41) is 14.1. The van der Waals surface area contributed by atoms with E-state index in [1.807, 2.05) is 38.1 Å². The van der Waals surface area contributed by atoms with Crippen molar-refractivity contribution in [1.82, 2.24) is 5.32 Å². The number of benzene rings is 4. The Morgan fingerprint density at radius 1 is 0.694 bits per heavy atom. The molecule has 0 aliphatic rings. The summed E-state index contributed by atoms with van der Waals surface area (Å²) in [4.78, 5) is 67.9. The number of nitrogens with zero attached hydrogens (tertiary/aromatic N) is 3. The molecule has 0 aliphatic heterocycles.